The van der Waals surface area contributed by atoms with Crippen LogP contribution >= 0.6 is 0 Å². The minimum atomic E-state index is -3.67. The number of anilines is 1. The number of rotatable bonds is 7. The molecule has 0 radical (unpaired) electrons. The van der Waals surface area contributed by atoms with E-state index >= 15 is 0 Å². The molecule has 1 atom stereocenters. The van der Waals surface area contributed by atoms with Gasteiger partial charge in [-0.05, 0) is 43.0 Å². The van der Waals surface area contributed by atoms with Gasteiger partial charge in [0.1, 0.15) is 0 Å². The normalized spacial score (nSPS) is 13.6. The Morgan fingerprint density at radius 2 is 1.81 bits per heavy atom. The van der Waals surface area contributed by atoms with Crippen molar-refractivity contribution in [3.8, 4) is 0 Å². The third-order valence-electron chi connectivity index (χ3n) is 4.01. The number of aliphatic hydroxyl groups is 1. The lowest BCUT2D eigenvalue weighted by atomic mass is 9.97. The zero-order chi connectivity index (χ0) is 16.2. The van der Waals surface area contributed by atoms with Crippen LogP contribution in [0.3, 0.4) is 0 Å². The molecule has 0 saturated heterocycles. The van der Waals surface area contributed by atoms with Crippen LogP contribution in [0.15, 0.2) is 17.0 Å². The van der Waals surface area contributed by atoms with E-state index < -0.39 is 16.1 Å². The monoisotopic (exact) mass is 314 g/mol. The third kappa shape index (κ3) is 4.43. The van der Waals surface area contributed by atoms with Crippen LogP contribution < -0.4 is 10.5 Å². The molecule has 4 N–H and O–H groups in total. The van der Waals surface area contributed by atoms with Crippen LogP contribution in [0.4, 0.5) is 5.69 Å². The van der Waals surface area contributed by atoms with Crippen molar-refractivity contribution in [2.75, 3.05) is 12.3 Å². The SMILES string of the molecule is CCC(CC)C(O)CNS(=O)(=O)c1cc(N)cc(C)c1C. The van der Waals surface area contributed by atoms with Gasteiger partial charge in [0, 0.05) is 12.2 Å². The Bertz CT molecular complexity index is 581. The maximum atomic E-state index is 12.4. The maximum Gasteiger partial charge on any atom is 0.241 e. The Balaban J connectivity index is 2.93. The molecule has 1 rings (SSSR count). The molecule has 0 saturated carbocycles. The molecule has 0 spiro atoms. The zero-order valence-electron chi connectivity index (χ0n) is 13.2. The molecule has 5 nitrogen and oxygen atoms in total. The fraction of sp³-hybridized carbons (Fsp3) is 0.600. The van der Waals surface area contributed by atoms with Gasteiger partial charge in [0.25, 0.3) is 0 Å². The van der Waals surface area contributed by atoms with Gasteiger partial charge in [-0.3, -0.25) is 0 Å². The molecule has 21 heavy (non-hydrogen) atoms. The lowest BCUT2D eigenvalue weighted by molar-refractivity contribution is 0.107. The number of sulfonamides is 1. The van der Waals surface area contributed by atoms with Crippen LogP contribution in [0.5, 0.6) is 0 Å². The molecule has 1 unspecified atom stereocenters. The van der Waals surface area contributed by atoms with E-state index in [2.05, 4.69) is 4.72 Å². The Kier molecular flexibility index (Phi) is 6.19. The van der Waals surface area contributed by atoms with Gasteiger partial charge in [0.15, 0.2) is 0 Å². The second kappa shape index (κ2) is 7.24. The van der Waals surface area contributed by atoms with Crippen molar-refractivity contribution < 1.29 is 13.5 Å². The van der Waals surface area contributed by atoms with Gasteiger partial charge >= 0.3 is 0 Å². The first kappa shape index (κ1) is 17.9. The quantitative estimate of drug-likeness (QED) is 0.671. The van der Waals surface area contributed by atoms with E-state index in [1.165, 1.54) is 6.07 Å². The van der Waals surface area contributed by atoms with E-state index in [-0.39, 0.29) is 17.4 Å². The molecule has 6 heteroatoms. The van der Waals surface area contributed by atoms with Crippen LogP contribution in [0.2, 0.25) is 0 Å². The molecule has 1 aromatic rings. The number of hydrogen-bond acceptors (Lipinski definition) is 4. The summed E-state index contributed by atoms with van der Waals surface area (Å²) in [5, 5.41) is 10.0. The lowest BCUT2D eigenvalue weighted by Crippen LogP contribution is -2.36. The molecule has 0 bridgehead atoms. The van der Waals surface area contributed by atoms with E-state index in [1.54, 1.807) is 13.0 Å². The van der Waals surface area contributed by atoms with Crippen molar-refractivity contribution in [3.63, 3.8) is 0 Å². The van der Waals surface area contributed by atoms with E-state index in [0.29, 0.717) is 11.3 Å². The number of benzene rings is 1. The fourth-order valence-corrected chi connectivity index (χ4v) is 3.81. The average Bonchev–Trinajstić information content (AvgIpc) is 2.42. The first-order chi connectivity index (χ1) is 9.72. The lowest BCUT2D eigenvalue weighted by Gasteiger charge is -2.21. The summed E-state index contributed by atoms with van der Waals surface area (Å²) < 4.78 is 27.3. The Labute approximate surface area is 127 Å². The minimum Gasteiger partial charge on any atom is -0.399 e. The highest BCUT2D eigenvalue weighted by Crippen LogP contribution is 2.22. The first-order valence-corrected chi connectivity index (χ1v) is 8.75. The van der Waals surface area contributed by atoms with Gasteiger partial charge in [-0.2, -0.15) is 0 Å². The zero-order valence-corrected chi connectivity index (χ0v) is 14.0. The summed E-state index contributed by atoms with van der Waals surface area (Å²) >= 11 is 0. The molecule has 0 amide bonds. The van der Waals surface area contributed by atoms with Crippen LogP contribution in [-0.4, -0.2) is 26.2 Å². The summed E-state index contributed by atoms with van der Waals surface area (Å²) in [5.74, 6) is 0.0939. The van der Waals surface area contributed by atoms with E-state index in [4.69, 9.17) is 5.73 Å². The van der Waals surface area contributed by atoms with Gasteiger partial charge in [-0.15, -0.1) is 0 Å². The van der Waals surface area contributed by atoms with Crippen molar-refractivity contribution >= 4 is 15.7 Å². The largest absolute Gasteiger partial charge is 0.399 e. The number of nitrogen functional groups attached to an aromatic ring is 1. The second-order valence-corrected chi connectivity index (χ2v) is 7.19. The highest BCUT2D eigenvalue weighted by atomic mass is 32.2. The molecule has 120 valence electrons. The highest BCUT2D eigenvalue weighted by Gasteiger charge is 2.22. The molecule has 0 aliphatic rings. The predicted octanol–water partition coefficient (Wildman–Crippen LogP) is 1.96. The van der Waals surface area contributed by atoms with Gasteiger partial charge in [-0.1, -0.05) is 26.7 Å². The molecular weight excluding hydrogens is 288 g/mol. The molecule has 0 aliphatic carbocycles. The smallest absolute Gasteiger partial charge is 0.241 e. The Morgan fingerprint density at radius 1 is 1.24 bits per heavy atom. The van der Waals surface area contributed by atoms with Crippen LogP contribution in [0, 0.1) is 19.8 Å². The van der Waals surface area contributed by atoms with Crippen molar-refractivity contribution in [1.82, 2.24) is 4.72 Å². The van der Waals surface area contributed by atoms with Gasteiger partial charge in [-0.25, -0.2) is 13.1 Å². The summed E-state index contributed by atoms with van der Waals surface area (Å²) in [4.78, 5) is 0.178. The number of nitrogens with one attached hydrogen (secondary N) is 1. The molecule has 0 fully saturated rings. The first-order valence-electron chi connectivity index (χ1n) is 7.27. The molecule has 0 heterocycles. The summed E-state index contributed by atoms with van der Waals surface area (Å²) in [6.45, 7) is 7.56. The van der Waals surface area contributed by atoms with Crippen LogP contribution in [-0.2, 0) is 10.0 Å². The topological polar surface area (TPSA) is 92.4 Å². The predicted molar refractivity (Wildman–Crippen MR) is 85.6 cm³/mol. The van der Waals surface area contributed by atoms with E-state index in [0.717, 1.165) is 18.4 Å². The van der Waals surface area contributed by atoms with Gasteiger partial charge < -0.3 is 10.8 Å². The number of aliphatic hydroxyl groups excluding tert-OH is 1. The Morgan fingerprint density at radius 3 is 2.33 bits per heavy atom. The highest BCUT2D eigenvalue weighted by molar-refractivity contribution is 7.89. The summed E-state index contributed by atoms with van der Waals surface area (Å²) in [7, 11) is -3.67. The fourth-order valence-electron chi connectivity index (χ4n) is 2.41. The Hall–Kier alpha value is -1.11. The summed E-state index contributed by atoms with van der Waals surface area (Å²) in [5.41, 5.74) is 7.65. The van der Waals surface area contributed by atoms with Crippen molar-refractivity contribution in [1.29, 1.82) is 0 Å². The average molecular weight is 314 g/mol. The van der Waals surface area contributed by atoms with Gasteiger partial charge in [0.2, 0.25) is 10.0 Å². The second-order valence-electron chi connectivity index (χ2n) is 5.46. The summed E-state index contributed by atoms with van der Waals surface area (Å²) in [6, 6.07) is 3.20. The van der Waals surface area contributed by atoms with E-state index in [9.17, 15) is 13.5 Å². The number of nitrogens with two attached hydrogens (primary N) is 1. The van der Waals surface area contributed by atoms with Crippen LogP contribution in [0.25, 0.3) is 0 Å². The van der Waals surface area contributed by atoms with Crippen molar-refractivity contribution in [2.45, 2.75) is 51.5 Å². The van der Waals surface area contributed by atoms with E-state index in [1.807, 2.05) is 20.8 Å². The van der Waals surface area contributed by atoms with Gasteiger partial charge in [0.05, 0.1) is 11.0 Å². The molecule has 0 aromatic heterocycles. The standard InChI is InChI=1S/C15H26N2O3S/c1-5-12(6-2)14(18)9-17-21(19,20)15-8-13(16)7-10(3)11(15)4/h7-8,12,14,17-18H,5-6,9,16H2,1-4H3. The number of aryl methyl sites for hydroxylation is 1. The minimum absolute atomic E-state index is 0.0158. The summed E-state index contributed by atoms with van der Waals surface area (Å²) in [6.07, 6.45) is 0.947. The molecule has 0 aliphatic heterocycles. The molecular formula is C15H26N2O3S. The maximum absolute atomic E-state index is 12.4. The van der Waals surface area contributed by atoms with Crippen LogP contribution in [0.1, 0.15) is 37.8 Å². The van der Waals surface area contributed by atoms with Crippen molar-refractivity contribution in [3.05, 3.63) is 23.3 Å². The van der Waals surface area contributed by atoms with Crippen molar-refractivity contribution in [2.24, 2.45) is 5.92 Å². The molecule has 1 aromatic carbocycles. The third-order valence-corrected chi connectivity index (χ3v) is 5.56. The number of hydrogen-bond donors (Lipinski definition) is 3.